The molecule has 19 heavy (non-hydrogen) atoms. The number of amides is 2. The third-order valence-corrected chi connectivity index (χ3v) is 3.34. The Balaban J connectivity index is 1.77. The first kappa shape index (κ1) is 13.4. The molecule has 0 aromatic heterocycles. The molecular weight excluding hydrogens is 244 g/mol. The molecule has 1 aromatic rings. The van der Waals surface area contributed by atoms with Crippen molar-refractivity contribution in [3.8, 4) is 0 Å². The number of carboxylic acid groups (broad SMARTS) is 1. The van der Waals surface area contributed by atoms with Crippen LogP contribution in [0.3, 0.4) is 0 Å². The van der Waals surface area contributed by atoms with Gasteiger partial charge in [0, 0.05) is 12.6 Å². The minimum absolute atomic E-state index is 0.179. The Bertz CT molecular complexity index is 466. The molecule has 1 atom stereocenters. The first-order valence-electron chi connectivity index (χ1n) is 6.43. The van der Waals surface area contributed by atoms with Gasteiger partial charge in [0.2, 0.25) is 0 Å². The van der Waals surface area contributed by atoms with Crippen molar-refractivity contribution >= 4 is 12.0 Å². The van der Waals surface area contributed by atoms with Crippen molar-refractivity contribution in [3.05, 3.63) is 35.4 Å². The number of nitrogens with one attached hydrogen (secondary N) is 2. The van der Waals surface area contributed by atoms with Crippen molar-refractivity contribution in [1.82, 2.24) is 10.6 Å². The summed E-state index contributed by atoms with van der Waals surface area (Å²) in [4.78, 5) is 22.3. The van der Waals surface area contributed by atoms with E-state index in [4.69, 9.17) is 5.11 Å². The highest BCUT2D eigenvalue weighted by Crippen LogP contribution is 2.32. The summed E-state index contributed by atoms with van der Waals surface area (Å²) in [6, 6.07) is 6.51. The van der Waals surface area contributed by atoms with E-state index < -0.39 is 5.97 Å². The van der Waals surface area contributed by atoms with E-state index >= 15 is 0 Å². The van der Waals surface area contributed by atoms with Crippen LogP contribution < -0.4 is 10.6 Å². The third-order valence-electron chi connectivity index (χ3n) is 3.34. The normalized spacial score (nSPS) is 15.6. The van der Waals surface area contributed by atoms with Gasteiger partial charge in [0.15, 0.2) is 0 Å². The maximum atomic E-state index is 11.6. The molecule has 2 amide bonds. The van der Waals surface area contributed by atoms with Crippen LogP contribution in [0.4, 0.5) is 4.79 Å². The van der Waals surface area contributed by atoms with Gasteiger partial charge >= 0.3 is 12.0 Å². The lowest BCUT2D eigenvalue weighted by molar-refractivity contribution is 0.0697. The molecule has 5 nitrogen and oxygen atoms in total. The molecule has 1 aliphatic rings. The zero-order valence-electron chi connectivity index (χ0n) is 10.8. The zero-order chi connectivity index (χ0) is 13.8. The summed E-state index contributed by atoms with van der Waals surface area (Å²) in [7, 11) is 0. The van der Waals surface area contributed by atoms with Gasteiger partial charge in [-0.05, 0) is 43.4 Å². The van der Waals surface area contributed by atoms with Crippen molar-refractivity contribution in [3.63, 3.8) is 0 Å². The molecule has 1 aliphatic carbocycles. The van der Waals surface area contributed by atoms with Gasteiger partial charge in [-0.1, -0.05) is 12.1 Å². The van der Waals surface area contributed by atoms with Crippen molar-refractivity contribution in [2.45, 2.75) is 32.4 Å². The average Bonchev–Trinajstić information content (AvgIpc) is 3.21. The number of aromatic carboxylic acids is 1. The molecule has 0 bridgehead atoms. The van der Waals surface area contributed by atoms with E-state index in [1.165, 1.54) is 25.0 Å². The number of rotatable bonds is 5. The second-order valence-electron chi connectivity index (χ2n) is 4.96. The summed E-state index contributed by atoms with van der Waals surface area (Å²) in [5.74, 6) is -0.323. The second kappa shape index (κ2) is 5.73. The molecule has 0 radical (unpaired) electrons. The summed E-state index contributed by atoms with van der Waals surface area (Å²) in [6.07, 6.45) is 2.39. The van der Waals surface area contributed by atoms with Crippen LogP contribution in [0.1, 0.15) is 35.7 Å². The van der Waals surface area contributed by atoms with Crippen LogP contribution in [-0.4, -0.2) is 23.1 Å². The molecule has 1 fully saturated rings. The summed E-state index contributed by atoms with van der Waals surface area (Å²) in [5, 5.41) is 14.4. The molecule has 0 unspecified atom stereocenters. The highest BCUT2D eigenvalue weighted by molar-refractivity contribution is 5.87. The predicted molar refractivity (Wildman–Crippen MR) is 71.0 cm³/mol. The van der Waals surface area contributed by atoms with E-state index in [1.807, 2.05) is 6.92 Å². The average molecular weight is 262 g/mol. The number of hydrogen-bond donors (Lipinski definition) is 3. The minimum atomic E-state index is -0.949. The Kier molecular flexibility index (Phi) is 4.04. The summed E-state index contributed by atoms with van der Waals surface area (Å²) in [6.45, 7) is 2.40. The molecule has 3 N–H and O–H groups in total. The van der Waals surface area contributed by atoms with Gasteiger partial charge in [-0.3, -0.25) is 0 Å². The van der Waals surface area contributed by atoms with E-state index in [0.29, 0.717) is 12.5 Å². The lowest BCUT2D eigenvalue weighted by atomic mass is 10.1. The minimum Gasteiger partial charge on any atom is -0.478 e. The number of carbonyl (C=O) groups excluding carboxylic acids is 1. The van der Waals surface area contributed by atoms with Crippen LogP contribution in [0.2, 0.25) is 0 Å². The van der Waals surface area contributed by atoms with Crippen LogP contribution in [0.5, 0.6) is 0 Å². The van der Waals surface area contributed by atoms with Crippen molar-refractivity contribution in [1.29, 1.82) is 0 Å². The highest BCUT2D eigenvalue weighted by atomic mass is 16.4. The SMILES string of the molecule is C[C@@H](NC(=O)NCc1ccc(C(=O)O)cc1)C1CC1. The maximum absolute atomic E-state index is 11.6. The molecule has 0 saturated heterocycles. The Morgan fingerprint density at radius 1 is 1.32 bits per heavy atom. The zero-order valence-corrected chi connectivity index (χ0v) is 10.8. The van der Waals surface area contributed by atoms with E-state index in [0.717, 1.165) is 5.56 Å². The van der Waals surface area contributed by atoms with E-state index in [2.05, 4.69) is 10.6 Å². The molecule has 1 aromatic carbocycles. The maximum Gasteiger partial charge on any atom is 0.335 e. The van der Waals surface area contributed by atoms with Gasteiger partial charge in [0.25, 0.3) is 0 Å². The topological polar surface area (TPSA) is 78.4 Å². The largest absolute Gasteiger partial charge is 0.478 e. The van der Waals surface area contributed by atoms with Gasteiger partial charge in [0.1, 0.15) is 0 Å². The van der Waals surface area contributed by atoms with Crippen LogP contribution in [0.15, 0.2) is 24.3 Å². The van der Waals surface area contributed by atoms with Gasteiger partial charge in [-0.2, -0.15) is 0 Å². The Labute approximate surface area is 112 Å². The molecular formula is C14H18N2O3. The Morgan fingerprint density at radius 2 is 1.95 bits per heavy atom. The van der Waals surface area contributed by atoms with E-state index in [1.54, 1.807) is 12.1 Å². The summed E-state index contributed by atoms with van der Waals surface area (Å²) >= 11 is 0. The molecule has 5 heteroatoms. The molecule has 0 aliphatic heterocycles. The molecule has 2 rings (SSSR count). The molecule has 1 saturated carbocycles. The second-order valence-corrected chi connectivity index (χ2v) is 4.96. The van der Waals surface area contributed by atoms with Gasteiger partial charge < -0.3 is 15.7 Å². The fraction of sp³-hybridized carbons (Fsp3) is 0.429. The Hall–Kier alpha value is -2.04. The Morgan fingerprint density at radius 3 is 2.47 bits per heavy atom. The van der Waals surface area contributed by atoms with Gasteiger partial charge in [0.05, 0.1) is 5.56 Å². The van der Waals surface area contributed by atoms with Crippen molar-refractivity contribution in [2.24, 2.45) is 5.92 Å². The number of hydrogen-bond acceptors (Lipinski definition) is 2. The van der Waals surface area contributed by atoms with Gasteiger partial charge in [-0.15, -0.1) is 0 Å². The third kappa shape index (κ3) is 3.98. The quantitative estimate of drug-likeness (QED) is 0.759. The fourth-order valence-electron chi connectivity index (χ4n) is 1.92. The van der Waals surface area contributed by atoms with Crippen LogP contribution in [-0.2, 0) is 6.54 Å². The first-order chi connectivity index (χ1) is 9.06. The van der Waals surface area contributed by atoms with Crippen molar-refractivity contribution < 1.29 is 14.7 Å². The number of carboxylic acids is 1. The van der Waals surface area contributed by atoms with Gasteiger partial charge in [-0.25, -0.2) is 9.59 Å². The monoisotopic (exact) mass is 262 g/mol. The first-order valence-corrected chi connectivity index (χ1v) is 6.43. The van der Waals surface area contributed by atoms with Crippen molar-refractivity contribution in [2.75, 3.05) is 0 Å². The van der Waals surface area contributed by atoms with Crippen LogP contribution in [0, 0.1) is 5.92 Å². The summed E-state index contributed by atoms with van der Waals surface area (Å²) < 4.78 is 0. The standard InChI is InChI=1S/C14H18N2O3/c1-9(11-6-7-11)16-14(19)15-8-10-2-4-12(5-3-10)13(17)18/h2-5,9,11H,6-8H2,1H3,(H,17,18)(H2,15,16,19)/t9-/m1/s1. The smallest absolute Gasteiger partial charge is 0.335 e. The van der Waals surface area contributed by atoms with Crippen LogP contribution in [0.25, 0.3) is 0 Å². The summed E-state index contributed by atoms with van der Waals surface area (Å²) in [5.41, 5.74) is 1.12. The highest BCUT2D eigenvalue weighted by Gasteiger charge is 2.28. The van der Waals surface area contributed by atoms with Crippen LogP contribution >= 0.6 is 0 Å². The van der Waals surface area contributed by atoms with E-state index in [-0.39, 0.29) is 17.6 Å². The number of urea groups is 1. The van der Waals surface area contributed by atoms with E-state index in [9.17, 15) is 9.59 Å². The lowest BCUT2D eigenvalue weighted by Crippen LogP contribution is -2.41. The number of carbonyl (C=O) groups is 2. The molecule has 0 heterocycles. The number of benzene rings is 1. The predicted octanol–water partition coefficient (Wildman–Crippen LogP) is 1.98. The lowest BCUT2D eigenvalue weighted by Gasteiger charge is -2.13. The molecule has 0 spiro atoms. The fourth-order valence-corrected chi connectivity index (χ4v) is 1.92. The molecule has 102 valence electrons.